The van der Waals surface area contributed by atoms with E-state index in [9.17, 15) is 18.0 Å². The number of alkyl halides is 3. The SMILES string of the molecule is CCN(CC)c1nc(C(F)(F)F)ccc1CNC(=O)C(C)c1ccc(CN)c(Cl)c1. The molecule has 1 aromatic carbocycles. The molecule has 5 nitrogen and oxygen atoms in total. The quantitative estimate of drug-likeness (QED) is 0.632. The minimum Gasteiger partial charge on any atom is -0.357 e. The van der Waals surface area contributed by atoms with Crippen LogP contribution in [0.25, 0.3) is 0 Å². The molecule has 0 aliphatic heterocycles. The highest BCUT2D eigenvalue weighted by molar-refractivity contribution is 6.31. The molecule has 0 aliphatic carbocycles. The molecule has 30 heavy (non-hydrogen) atoms. The molecule has 0 aliphatic rings. The molecule has 1 amide bonds. The van der Waals surface area contributed by atoms with Gasteiger partial charge in [-0.3, -0.25) is 4.79 Å². The normalized spacial score (nSPS) is 12.5. The second-order valence-electron chi connectivity index (χ2n) is 6.84. The van der Waals surface area contributed by atoms with Gasteiger partial charge in [0.2, 0.25) is 5.91 Å². The highest BCUT2D eigenvalue weighted by atomic mass is 35.5. The Hall–Kier alpha value is -2.32. The van der Waals surface area contributed by atoms with Gasteiger partial charge in [0.25, 0.3) is 0 Å². The number of hydrogen-bond acceptors (Lipinski definition) is 4. The summed E-state index contributed by atoms with van der Waals surface area (Å²) in [4.78, 5) is 18.2. The average molecular weight is 443 g/mol. The second kappa shape index (κ2) is 10.1. The first-order valence-electron chi connectivity index (χ1n) is 9.70. The first-order valence-corrected chi connectivity index (χ1v) is 10.1. The zero-order chi connectivity index (χ0) is 22.5. The molecule has 0 radical (unpaired) electrons. The Morgan fingerprint density at radius 2 is 1.83 bits per heavy atom. The Kier molecular flexibility index (Phi) is 8.09. The monoisotopic (exact) mass is 442 g/mol. The van der Waals surface area contributed by atoms with Crippen LogP contribution in [0.3, 0.4) is 0 Å². The van der Waals surface area contributed by atoms with Crippen LogP contribution < -0.4 is 16.0 Å². The number of rotatable bonds is 8. The van der Waals surface area contributed by atoms with Crippen LogP contribution in [0.15, 0.2) is 30.3 Å². The molecule has 0 saturated heterocycles. The van der Waals surface area contributed by atoms with Crippen molar-refractivity contribution in [2.45, 2.75) is 46.0 Å². The average Bonchev–Trinajstić information content (AvgIpc) is 2.72. The summed E-state index contributed by atoms with van der Waals surface area (Å²) in [5.41, 5.74) is 6.68. The number of hydrogen-bond donors (Lipinski definition) is 2. The van der Waals surface area contributed by atoms with Crippen LogP contribution in [0.5, 0.6) is 0 Å². The van der Waals surface area contributed by atoms with Crippen molar-refractivity contribution in [3.05, 3.63) is 57.7 Å². The molecular formula is C21H26ClF3N4O. The van der Waals surface area contributed by atoms with Crippen molar-refractivity contribution in [3.63, 3.8) is 0 Å². The first-order chi connectivity index (χ1) is 14.1. The number of pyridine rings is 1. The molecular weight excluding hydrogens is 417 g/mol. The maximum Gasteiger partial charge on any atom is 0.433 e. The van der Waals surface area contributed by atoms with Gasteiger partial charge in [-0.1, -0.05) is 29.8 Å². The number of benzene rings is 1. The molecule has 0 fully saturated rings. The fourth-order valence-corrected chi connectivity index (χ4v) is 3.32. The van der Waals surface area contributed by atoms with Crippen molar-refractivity contribution in [1.29, 1.82) is 0 Å². The number of carbonyl (C=O) groups excluding carboxylic acids is 1. The predicted octanol–water partition coefficient (Wildman–Crippen LogP) is 4.48. The molecule has 0 spiro atoms. The summed E-state index contributed by atoms with van der Waals surface area (Å²) in [7, 11) is 0. The molecule has 9 heteroatoms. The van der Waals surface area contributed by atoms with Gasteiger partial charge in [0, 0.05) is 36.8 Å². The van der Waals surface area contributed by atoms with Gasteiger partial charge >= 0.3 is 6.18 Å². The molecule has 2 rings (SSSR count). The summed E-state index contributed by atoms with van der Waals surface area (Å²) in [5.74, 6) is -0.538. The zero-order valence-electron chi connectivity index (χ0n) is 17.2. The van der Waals surface area contributed by atoms with E-state index >= 15 is 0 Å². The summed E-state index contributed by atoms with van der Waals surface area (Å²) in [6, 6.07) is 7.57. The van der Waals surface area contributed by atoms with Crippen LogP contribution in [-0.2, 0) is 24.1 Å². The number of anilines is 1. The Bertz CT molecular complexity index is 885. The van der Waals surface area contributed by atoms with Gasteiger partial charge in [-0.2, -0.15) is 13.2 Å². The van der Waals surface area contributed by atoms with Crippen LogP contribution >= 0.6 is 11.6 Å². The molecule has 1 aromatic heterocycles. The fraction of sp³-hybridized carbons (Fsp3) is 0.429. The molecule has 0 bridgehead atoms. The van der Waals surface area contributed by atoms with E-state index in [1.807, 2.05) is 13.8 Å². The highest BCUT2D eigenvalue weighted by Gasteiger charge is 2.33. The van der Waals surface area contributed by atoms with Crippen molar-refractivity contribution >= 4 is 23.3 Å². The smallest absolute Gasteiger partial charge is 0.357 e. The maximum absolute atomic E-state index is 13.1. The van der Waals surface area contributed by atoms with Crippen molar-refractivity contribution in [2.24, 2.45) is 5.73 Å². The van der Waals surface area contributed by atoms with Crippen molar-refractivity contribution in [1.82, 2.24) is 10.3 Å². The Labute approximate surface area is 179 Å². The number of nitrogens with one attached hydrogen (secondary N) is 1. The maximum atomic E-state index is 13.1. The largest absolute Gasteiger partial charge is 0.433 e. The van der Waals surface area contributed by atoms with Crippen molar-refractivity contribution < 1.29 is 18.0 Å². The topological polar surface area (TPSA) is 71.2 Å². The van der Waals surface area contributed by atoms with Gasteiger partial charge in [0.1, 0.15) is 11.5 Å². The number of amides is 1. The van der Waals surface area contributed by atoms with Gasteiger partial charge in [0.05, 0.1) is 5.92 Å². The molecule has 1 unspecified atom stereocenters. The number of nitrogens with two attached hydrogens (primary N) is 1. The van der Waals surface area contributed by atoms with Gasteiger partial charge in [-0.25, -0.2) is 4.98 Å². The molecule has 2 aromatic rings. The van der Waals surface area contributed by atoms with Crippen LogP contribution in [-0.4, -0.2) is 24.0 Å². The van der Waals surface area contributed by atoms with E-state index in [2.05, 4.69) is 10.3 Å². The summed E-state index contributed by atoms with van der Waals surface area (Å²) in [6.45, 7) is 6.76. The first kappa shape index (κ1) is 24.0. The summed E-state index contributed by atoms with van der Waals surface area (Å²) in [5, 5.41) is 3.28. The number of nitrogens with zero attached hydrogens (tertiary/aromatic N) is 2. The number of halogens is 4. The summed E-state index contributed by atoms with van der Waals surface area (Å²) in [6.07, 6.45) is -4.53. The molecule has 1 heterocycles. The van der Waals surface area contributed by atoms with Crippen LogP contribution in [0.1, 0.15) is 49.1 Å². The van der Waals surface area contributed by atoms with E-state index in [1.165, 1.54) is 6.07 Å². The highest BCUT2D eigenvalue weighted by Crippen LogP contribution is 2.31. The van der Waals surface area contributed by atoms with Crippen LogP contribution in [0.4, 0.5) is 19.0 Å². The zero-order valence-corrected chi connectivity index (χ0v) is 17.9. The minimum atomic E-state index is -4.53. The minimum absolute atomic E-state index is 0.0642. The predicted molar refractivity (Wildman–Crippen MR) is 112 cm³/mol. The van der Waals surface area contributed by atoms with Gasteiger partial charge in [-0.05, 0) is 44.0 Å². The van der Waals surface area contributed by atoms with E-state index in [4.69, 9.17) is 17.3 Å². The Morgan fingerprint density at radius 3 is 2.37 bits per heavy atom. The Balaban J connectivity index is 2.21. The van der Waals surface area contributed by atoms with E-state index in [0.717, 1.165) is 17.2 Å². The van der Waals surface area contributed by atoms with E-state index in [-0.39, 0.29) is 18.3 Å². The standard InChI is InChI=1S/C21H26ClF3N4O/c1-4-29(5-2)19-16(8-9-18(28-19)21(23,24)25)12-27-20(30)13(3)14-6-7-15(11-26)17(22)10-14/h6-10,13H,4-5,11-12,26H2,1-3H3,(H,27,30). The summed E-state index contributed by atoms with van der Waals surface area (Å²) < 4.78 is 39.3. The summed E-state index contributed by atoms with van der Waals surface area (Å²) >= 11 is 6.17. The third-order valence-corrected chi connectivity index (χ3v) is 5.30. The van der Waals surface area contributed by atoms with Crippen molar-refractivity contribution in [2.75, 3.05) is 18.0 Å². The lowest BCUT2D eigenvalue weighted by Gasteiger charge is -2.24. The lowest BCUT2D eigenvalue weighted by Crippen LogP contribution is -2.30. The van der Waals surface area contributed by atoms with Gasteiger partial charge in [0.15, 0.2) is 0 Å². The molecule has 3 N–H and O–H groups in total. The molecule has 0 saturated carbocycles. The Morgan fingerprint density at radius 1 is 1.20 bits per heavy atom. The number of carbonyl (C=O) groups is 1. The van der Waals surface area contributed by atoms with Crippen LogP contribution in [0, 0.1) is 0 Å². The molecule has 1 atom stereocenters. The second-order valence-corrected chi connectivity index (χ2v) is 7.25. The third-order valence-electron chi connectivity index (χ3n) is 4.95. The molecule has 164 valence electrons. The third kappa shape index (κ3) is 5.64. The van der Waals surface area contributed by atoms with Crippen molar-refractivity contribution in [3.8, 4) is 0 Å². The lowest BCUT2D eigenvalue weighted by atomic mass is 9.98. The van der Waals surface area contributed by atoms with Gasteiger partial charge < -0.3 is 16.0 Å². The van der Waals surface area contributed by atoms with E-state index in [1.54, 1.807) is 30.0 Å². The van der Waals surface area contributed by atoms with E-state index < -0.39 is 17.8 Å². The fourth-order valence-electron chi connectivity index (χ4n) is 3.06. The lowest BCUT2D eigenvalue weighted by molar-refractivity contribution is -0.141. The van der Waals surface area contributed by atoms with Crippen LogP contribution in [0.2, 0.25) is 5.02 Å². The number of aromatic nitrogens is 1. The van der Waals surface area contributed by atoms with E-state index in [0.29, 0.717) is 30.2 Å². The van der Waals surface area contributed by atoms with Gasteiger partial charge in [-0.15, -0.1) is 0 Å².